The smallest absolute Gasteiger partial charge is 0.410 e. The number of anilines is 1. The number of carbonyl (C=O) groups is 1. The molecule has 8 rings (SSSR count). The van der Waals surface area contributed by atoms with Gasteiger partial charge in [-0.15, -0.1) is 10.2 Å². The van der Waals surface area contributed by atoms with Crippen LogP contribution in [0.25, 0.3) is 22.3 Å². The third-order valence-electron chi connectivity index (χ3n) is 10.7. The van der Waals surface area contributed by atoms with E-state index in [4.69, 9.17) is 14.7 Å². The second-order valence-electron chi connectivity index (χ2n) is 13.5. The summed E-state index contributed by atoms with van der Waals surface area (Å²) in [6, 6.07) is 19.6. The number of aromatic hydroxyl groups is 1. The molecule has 2 fully saturated rings. The Balaban J connectivity index is 0.864. The number of phenolic OH excluding ortho intramolecular Hbond substituents is 1. The molecule has 1 atom stereocenters. The molecule has 49 heavy (non-hydrogen) atoms. The van der Waals surface area contributed by atoms with Crippen LogP contribution in [0.3, 0.4) is 0 Å². The maximum atomic E-state index is 12.6. The van der Waals surface area contributed by atoms with E-state index in [1.807, 2.05) is 65.8 Å². The molecule has 252 valence electrons. The molecular formula is C38H42N8O3. The summed E-state index contributed by atoms with van der Waals surface area (Å²) in [5, 5.41) is 20.3. The Bertz CT molecular complexity index is 1920. The van der Waals surface area contributed by atoms with Crippen LogP contribution in [0.4, 0.5) is 10.7 Å². The highest BCUT2D eigenvalue weighted by atomic mass is 16.6. The summed E-state index contributed by atoms with van der Waals surface area (Å²) in [4.78, 5) is 32.6. The van der Waals surface area contributed by atoms with Gasteiger partial charge in [0.15, 0.2) is 5.65 Å². The number of likely N-dealkylation sites (tertiary alicyclic amines) is 2. The van der Waals surface area contributed by atoms with Gasteiger partial charge in [-0.1, -0.05) is 42.5 Å². The van der Waals surface area contributed by atoms with Gasteiger partial charge in [0.05, 0.1) is 11.7 Å². The van der Waals surface area contributed by atoms with E-state index in [1.165, 1.54) is 16.8 Å². The van der Waals surface area contributed by atoms with E-state index in [2.05, 4.69) is 31.9 Å². The predicted molar refractivity (Wildman–Crippen MR) is 187 cm³/mol. The quantitative estimate of drug-likeness (QED) is 0.219. The number of ether oxygens (including phenoxy) is 1. The van der Waals surface area contributed by atoms with Crippen molar-refractivity contribution in [1.29, 1.82) is 0 Å². The zero-order chi connectivity index (χ0) is 33.3. The number of fused-ring (bicyclic) bond motifs is 3. The molecular weight excluding hydrogens is 616 g/mol. The number of benzene rings is 2. The van der Waals surface area contributed by atoms with Gasteiger partial charge in [-0.05, 0) is 80.9 Å². The van der Waals surface area contributed by atoms with Crippen molar-refractivity contribution in [2.75, 3.05) is 37.6 Å². The fraction of sp³-hybridized carbons (Fsp3) is 0.395. The molecule has 3 aliphatic heterocycles. The number of H-pyrrole nitrogens is 1. The molecule has 6 heterocycles. The maximum absolute atomic E-state index is 12.6. The van der Waals surface area contributed by atoms with Crippen LogP contribution in [-0.4, -0.2) is 84.9 Å². The van der Waals surface area contributed by atoms with Gasteiger partial charge in [0.25, 0.3) is 0 Å². The average Bonchev–Trinajstić information content (AvgIpc) is 3.54. The average molecular weight is 659 g/mol. The van der Waals surface area contributed by atoms with Crippen LogP contribution >= 0.6 is 0 Å². The van der Waals surface area contributed by atoms with E-state index >= 15 is 0 Å². The van der Waals surface area contributed by atoms with Crippen molar-refractivity contribution in [3.63, 3.8) is 0 Å². The number of phenols is 1. The molecule has 3 aromatic heterocycles. The van der Waals surface area contributed by atoms with Crippen molar-refractivity contribution in [1.82, 2.24) is 34.9 Å². The number of amides is 1. The number of hydrogen-bond acceptors (Lipinski definition) is 9. The van der Waals surface area contributed by atoms with Crippen LogP contribution in [0.15, 0.2) is 73.1 Å². The van der Waals surface area contributed by atoms with Gasteiger partial charge in [-0.25, -0.2) is 14.8 Å². The Kier molecular flexibility index (Phi) is 8.59. The predicted octanol–water partition coefficient (Wildman–Crippen LogP) is 6.22. The second-order valence-corrected chi connectivity index (χ2v) is 13.5. The third kappa shape index (κ3) is 6.30. The zero-order valence-corrected chi connectivity index (χ0v) is 27.8. The summed E-state index contributed by atoms with van der Waals surface area (Å²) in [5.41, 5.74) is 6.64. The van der Waals surface area contributed by atoms with Crippen LogP contribution in [0.5, 0.6) is 5.75 Å². The lowest BCUT2D eigenvalue weighted by Gasteiger charge is -2.41. The van der Waals surface area contributed by atoms with Crippen molar-refractivity contribution in [2.24, 2.45) is 0 Å². The summed E-state index contributed by atoms with van der Waals surface area (Å²) in [5.74, 6) is 1.38. The lowest BCUT2D eigenvalue weighted by atomic mass is 9.89. The number of hydrogen-bond donors (Lipinski definition) is 2. The van der Waals surface area contributed by atoms with Gasteiger partial charge in [-0.3, -0.25) is 0 Å². The van der Waals surface area contributed by atoms with E-state index < -0.39 is 0 Å². The zero-order valence-electron chi connectivity index (χ0n) is 27.8. The van der Waals surface area contributed by atoms with Crippen LogP contribution in [0.1, 0.15) is 67.0 Å². The van der Waals surface area contributed by atoms with Gasteiger partial charge in [-0.2, -0.15) is 0 Å². The fourth-order valence-electron chi connectivity index (χ4n) is 7.93. The maximum Gasteiger partial charge on any atom is 0.410 e. The summed E-state index contributed by atoms with van der Waals surface area (Å²) in [6.07, 6.45) is 8.82. The van der Waals surface area contributed by atoms with Gasteiger partial charge in [0, 0.05) is 66.7 Å². The minimum Gasteiger partial charge on any atom is -0.507 e. The third-order valence-corrected chi connectivity index (χ3v) is 10.7. The van der Waals surface area contributed by atoms with E-state index in [9.17, 15) is 9.90 Å². The number of aromatic amines is 1. The Hall–Kier alpha value is -5.03. The largest absolute Gasteiger partial charge is 0.507 e. The van der Waals surface area contributed by atoms with E-state index in [1.54, 1.807) is 12.1 Å². The first kappa shape index (κ1) is 31.3. The van der Waals surface area contributed by atoms with Crippen molar-refractivity contribution in [2.45, 2.75) is 63.6 Å². The molecule has 0 radical (unpaired) electrons. The molecule has 0 unspecified atom stereocenters. The molecule has 1 amide bonds. The molecule has 0 bridgehead atoms. The number of nitrogens with zero attached hydrogens (tertiary/aromatic N) is 7. The number of nitrogens with one attached hydrogen (secondary N) is 1. The van der Waals surface area contributed by atoms with E-state index in [0.29, 0.717) is 29.8 Å². The lowest BCUT2D eigenvalue weighted by molar-refractivity contribution is 0.0608. The van der Waals surface area contributed by atoms with Gasteiger partial charge < -0.3 is 29.5 Å². The number of rotatable bonds is 6. The number of piperidine rings is 2. The van der Waals surface area contributed by atoms with Crippen molar-refractivity contribution in [3.05, 3.63) is 95.4 Å². The van der Waals surface area contributed by atoms with Crippen LogP contribution < -0.4 is 4.90 Å². The van der Waals surface area contributed by atoms with Crippen molar-refractivity contribution >= 4 is 23.1 Å². The molecule has 2 N–H and O–H groups in total. The monoisotopic (exact) mass is 658 g/mol. The first-order valence-corrected chi connectivity index (χ1v) is 17.5. The fourth-order valence-corrected chi connectivity index (χ4v) is 7.93. The minimum atomic E-state index is -0.210. The van der Waals surface area contributed by atoms with Crippen LogP contribution in [0, 0.1) is 0 Å². The minimum absolute atomic E-state index is 0.0464. The van der Waals surface area contributed by atoms with Gasteiger partial charge in [0.1, 0.15) is 12.4 Å². The molecule has 3 aliphatic rings. The molecule has 11 nitrogen and oxygen atoms in total. The highest BCUT2D eigenvalue weighted by molar-refractivity contribution is 5.86. The number of aromatic nitrogens is 5. The molecule has 5 aromatic rings. The van der Waals surface area contributed by atoms with E-state index in [0.717, 1.165) is 87.4 Å². The SMILES string of the molecule is C[C@H]1c2c([nH]c3nnc(-c4ccccc4O)cc23)CCN1c1ncc(C2CCN(C3CCN(C(=O)OCc4ccccc4)CC3)CC2)cn1. The number of carbonyl (C=O) groups excluding carboxylic acids is 1. The standard InChI is InChI=1S/C38H42N8O3/c1-25-35-31-21-33(30-9-5-6-10-34(30)47)42-43-36(31)41-32(35)15-20-46(25)37-39-22-28(23-40-37)27-11-16-44(17-12-27)29-13-18-45(19-14-29)38(48)49-24-26-7-3-2-4-8-26/h2-10,21-23,25,27,29,47H,11-20,24H2,1H3,(H,41,43)/t25-/m0/s1. The summed E-state index contributed by atoms with van der Waals surface area (Å²) < 4.78 is 5.56. The highest BCUT2D eigenvalue weighted by Gasteiger charge is 2.32. The first-order chi connectivity index (χ1) is 24.0. The Morgan fingerprint density at radius 1 is 0.918 bits per heavy atom. The molecule has 0 saturated carbocycles. The molecule has 11 heteroatoms. The lowest BCUT2D eigenvalue weighted by Crippen LogP contribution is -2.48. The Morgan fingerprint density at radius 2 is 1.65 bits per heavy atom. The topological polar surface area (TPSA) is 124 Å². The Labute approximate surface area is 286 Å². The summed E-state index contributed by atoms with van der Waals surface area (Å²) >= 11 is 0. The molecule has 2 saturated heterocycles. The van der Waals surface area contributed by atoms with Crippen LogP contribution in [-0.2, 0) is 17.8 Å². The van der Waals surface area contributed by atoms with E-state index in [-0.39, 0.29) is 17.9 Å². The molecule has 0 spiro atoms. The summed E-state index contributed by atoms with van der Waals surface area (Å²) in [6.45, 7) is 6.90. The molecule has 2 aromatic carbocycles. The number of para-hydroxylation sites is 1. The second kappa shape index (κ2) is 13.5. The van der Waals surface area contributed by atoms with Gasteiger partial charge >= 0.3 is 6.09 Å². The van der Waals surface area contributed by atoms with Crippen LogP contribution in [0.2, 0.25) is 0 Å². The van der Waals surface area contributed by atoms with Crippen molar-refractivity contribution in [3.8, 4) is 17.0 Å². The normalized spacial score (nSPS) is 19.2. The van der Waals surface area contributed by atoms with Crippen molar-refractivity contribution < 1.29 is 14.6 Å². The Morgan fingerprint density at radius 3 is 2.41 bits per heavy atom. The van der Waals surface area contributed by atoms with Gasteiger partial charge in [0.2, 0.25) is 5.95 Å². The highest BCUT2D eigenvalue weighted by Crippen LogP contribution is 2.39. The summed E-state index contributed by atoms with van der Waals surface area (Å²) in [7, 11) is 0. The molecule has 0 aliphatic carbocycles. The first-order valence-electron chi connectivity index (χ1n) is 17.5.